The summed E-state index contributed by atoms with van der Waals surface area (Å²) < 4.78 is 5.20. The van der Waals surface area contributed by atoms with Crippen molar-refractivity contribution in [3.8, 4) is 5.75 Å². The van der Waals surface area contributed by atoms with Crippen molar-refractivity contribution in [2.75, 3.05) is 13.7 Å². The molecular weight excluding hydrogens is 240 g/mol. The number of benzene rings is 1. The highest BCUT2D eigenvalue weighted by Crippen LogP contribution is 2.21. The predicted octanol–water partition coefficient (Wildman–Crippen LogP) is 1.87. The average Bonchev–Trinajstić information content (AvgIpc) is 2.85. The Labute approximate surface area is 114 Å². The Hall–Kier alpha value is -1.55. The normalized spacial score (nSPS) is 23.9. The lowest BCUT2D eigenvalue weighted by Crippen LogP contribution is -2.37. The quantitative estimate of drug-likeness (QED) is 0.871. The van der Waals surface area contributed by atoms with Gasteiger partial charge in [0.2, 0.25) is 5.91 Å². The zero-order valence-electron chi connectivity index (χ0n) is 11.8. The fourth-order valence-electron chi connectivity index (χ4n) is 2.53. The summed E-state index contributed by atoms with van der Waals surface area (Å²) in [5.41, 5.74) is 1.06. The van der Waals surface area contributed by atoms with Crippen LogP contribution in [0.3, 0.4) is 0 Å². The van der Waals surface area contributed by atoms with Gasteiger partial charge in [-0.3, -0.25) is 4.79 Å². The third-order valence-electron chi connectivity index (χ3n) is 3.81. The van der Waals surface area contributed by atoms with E-state index in [9.17, 15) is 4.79 Å². The van der Waals surface area contributed by atoms with Crippen molar-refractivity contribution in [2.45, 2.75) is 32.4 Å². The molecule has 1 aliphatic rings. The SMILES string of the molecule is COc1cccc(C(C)NC(=O)C2CCNC2C)c1. The van der Waals surface area contributed by atoms with Crippen LogP contribution in [0.4, 0.5) is 0 Å². The molecule has 104 valence electrons. The zero-order chi connectivity index (χ0) is 13.8. The fourth-order valence-corrected chi connectivity index (χ4v) is 2.53. The third-order valence-corrected chi connectivity index (χ3v) is 3.81. The summed E-state index contributed by atoms with van der Waals surface area (Å²) in [5, 5.41) is 6.39. The van der Waals surface area contributed by atoms with Gasteiger partial charge >= 0.3 is 0 Å². The number of methoxy groups -OCH3 is 1. The summed E-state index contributed by atoms with van der Waals surface area (Å²) in [6.45, 7) is 4.99. The highest BCUT2D eigenvalue weighted by molar-refractivity contribution is 5.80. The minimum Gasteiger partial charge on any atom is -0.497 e. The van der Waals surface area contributed by atoms with Crippen LogP contribution < -0.4 is 15.4 Å². The standard InChI is InChI=1S/C15H22N2O2/c1-10(12-5-4-6-13(9-12)19-3)17-15(18)14-7-8-16-11(14)2/h4-6,9-11,14,16H,7-8H2,1-3H3,(H,17,18). The maximum absolute atomic E-state index is 12.2. The van der Waals surface area contributed by atoms with E-state index in [1.54, 1.807) is 7.11 Å². The second-order valence-electron chi connectivity index (χ2n) is 5.14. The molecule has 0 radical (unpaired) electrons. The van der Waals surface area contributed by atoms with E-state index in [1.165, 1.54) is 0 Å². The van der Waals surface area contributed by atoms with Gasteiger partial charge in [-0.1, -0.05) is 12.1 Å². The Bertz CT molecular complexity index is 448. The minimum absolute atomic E-state index is 0.00426. The van der Waals surface area contributed by atoms with Crippen LogP contribution in [0.25, 0.3) is 0 Å². The predicted molar refractivity (Wildman–Crippen MR) is 75.1 cm³/mol. The summed E-state index contributed by atoms with van der Waals surface area (Å²) >= 11 is 0. The van der Waals surface area contributed by atoms with Crippen LogP contribution in [0.5, 0.6) is 5.75 Å². The van der Waals surface area contributed by atoms with E-state index in [-0.39, 0.29) is 23.9 Å². The van der Waals surface area contributed by atoms with Gasteiger partial charge in [-0.25, -0.2) is 0 Å². The molecule has 1 amide bonds. The monoisotopic (exact) mass is 262 g/mol. The Kier molecular flexibility index (Phi) is 4.43. The van der Waals surface area contributed by atoms with Gasteiger partial charge in [0, 0.05) is 6.04 Å². The summed E-state index contributed by atoms with van der Waals surface area (Å²) in [5.74, 6) is 1.02. The maximum Gasteiger partial charge on any atom is 0.225 e. The van der Waals surface area contributed by atoms with Crippen molar-refractivity contribution in [2.24, 2.45) is 5.92 Å². The Morgan fingerprint density at radius 2 is 2.32 bits per heavy atom. The van der Waals surface area contributed by atoms with Crippen LogP contribution in [0.1, 0.15) is 31.9 Å². The highest BCUT2D eigenvalue weighted by Gasteiger charge is 2.30. The number of amides is 1. The first kappa shape index (κ1) is 13.9. The van der Waals surface area contributed by atoms with Crippen LogP contribution in [-0.2, 0) is 4.79 Å². The van der Waals surface area contributed by atoms with Crippen LogP contribution in [0.15, 0.2) is 24.3 Å². The van der Waals surface area contributed by atoms with E-state index in [2.05, 4.69) is 17.6 Å². The number of carbonyl (C=O) groups excluding carboxylic acids is 1. The van der Waals surface area contributed by atoms with Crippen molar-refractivity contribution >= 4 is 5.91 Å². The molecule has 0 aliphatic carbocycles. The summed E-state index contributed by atoms with van der Waals surface area (Å²) in [7, 11) is 1.65. The maximum atomic E-state index is 12.2. The zero-order valence-corrected chi connectivity index (χ0v) is 11.8. The molecule has 1 aliphatic heterocycles. The first-order valence-corrected chi connectivity index (χ1v) is 6.79. The Morgan fingerprint density at radius 3 is 2.95 bits per heavy atom. The van der Waals surface area contributed by atoms with Crippen LogP contribution in [0, 0.1) is 5.92 Å². The van der Waals surface area contributed by atoms with Crippen LogP contribution in [0.2, 0.25) is 0 Å². The molecule has 0 bridgehead atoms. The molecule has 4 heteroatoms. The molecule has 0 spiro atoms. The lowest BCUT2D eigenvalue weighted by atomic mass is 10.00. The second kappa shape index (κ2) is 6.06. The smallest absolute Gasteiger partial charge is 0.225 e. The Morgan fingerprint density at radius 1 is 1.53 bits per heavy atom. The lowest BCUT2D eigenvalue weighted by molar-refractivity contribution is -0.125. The van der Waals surface area contributed by atoms with Gasteiger partial charge < -0.3 is 15.4 Å². The molecule has 4 nitrogen and oxygen atoms in total. The van der Waals surface area contributed by atoms with E-state index in [0.29, 0.717) is 0 Å². The number of hydrogen-bond donors (Lipinski definition) is 2. The van der Waals surface area contributed by atoms with Crippen molar-refractivity contribution in [3.63, 3.8) is 0 Å². The van der Waals surface area contributed by atoms with E-state index in [1.807, 2.05) is 31.2 Å². The van der Waals surface area contributed by atoms with Crippen LogP contribution in [-0.4, -0.2) is 25.6 Å². The van der Waals surface area contributed by atoms with E-state index < -0.39 is 0 Å². The van der Waals surface area contributed by atoms with Crippen molar-refractivity contribution in [1.29, 1.82) is 0 Å². The van der Waals surface area contributed by atoms with Gasteiger partial charge in [-0.05, 0) is 44.5 Å². The third kappa shape index (κ3) is 3.26. The topological polar surface area (TPSA) is 50.4 Å². The molecule has 2 N–H and O–H groups in total. The molecule has 1 saturated heterocycles. The molecule has 0 saturated carbocycles. The van der Waals surface area contributed by atoms with Gasteiger partial charge in [-0.15, -0.1) is 0 Å². The average molecular weight is 262 g/mol. The number of hydrogen-bond acceptors (Lipinski definition) is 3. The number of carbonyl (C=O) groups is 1. The molecule has 1 aromatic carbocycles. The molecular formula is C15H22N2O2. The largest absolute Gasteiger partial charge is 0.497 e. The summed E-state index contributed by atoms with van der Waals surface area (Å²) in [6, 6.07) is 8.07. The summed E-state index contributed by atoms with van der Waals surface area (Å²) in [6.07, 6.45) is 0.915. The minimum atomic E-state index is -0.00426. The highest BCUT2D eigenvalue weighted by atomic mass is 16.5. The van der Waals surface area contributed by atoms with Crippen molar-refractivity contribution in [3.05, 3.63) is 29.8 Å². The van der Waals surface area contributed by atoms with Gasteiger partial charge in [-0.2, -0.15) is 0 Å². The summed E-state index contributed by atoms with van der Waals surface area (Å²) in [4.78, 5) is 12.2. The van der Waals surface area contributed by atoms with Gasteiger partial charge in [0.25, 0.3) is 0 Å². The molecule has 3 atom stereocenters. The van der Waals surface area contributed by atoms with E-state index in [0.717, 1.165) is 24.3 Å². The fraction of sp³-hybridized carbons (Fsp3) is 0.533. The molecule has 1 heterocycles. The molecule has 1 fully saturated rings. The van der Waals surface area contributed by atoms with Gasteiger partial charge in [0.1, 0.15) is 5.75 Å². The van der Waals surface area contributed by atoms with E-state index in [4.69, 9.17) is 4.74 Å². The molecule has 0 aromatic heterocycles. The first-order valence-electron chi connectivity index (χ1n) is 6.79. The lowest BCUT2D eigenvalue weighted by Gasteiger charge is -2.20. The van der Waals surface area contributed by atoms with Gasteiger partial charge in [0.15, 0.2) is 0 Å². The first-order chi connectivity index (χ1) is 9.11. The van der Waals surface area contributed by atoms with Crippen LogP contribution >= 0.6 is 0 Å². The molecule has 19 heavy (non-hydrogen) atoms. The number of ether oxygens (including phenoxy) is 1. The Balaban J connectivity index is 1.99. The number of nitrogens with one attached hydrogen (secondary N) is 2. The molecule has 1 aromatic rings. The molecule has 3 unspecified atom stereocenters. The molecule has 2 rings (SSSR count). The van der Waals surface area contributed by atoms with E-state index >= 15 is 0 Å². The van der Waals surface area contributed by atoms with Gasteiger partial charge in [0.05, 0.1) is 19.1 Å². The number of rotatable bonds is 4. The van der Waals surface area contributed by atoms with Crippen molar-refractivity contribution in [1.82, 2.24) is 10.6 Å². The van der Waals surface area contributed by atoms with Crippen molar-refractivity contribution < 1.29 is 9.53 Å². The second-order valence-corrected chi connectivity index (χ2v) is 5.14.